The van der Waals surface area contributed by atoms with E-state index in [0.717, 1.165) is 0 Å². The molecule has 17 heavy (non-hydrogen) atoms. The van der Waals surface area contributed by atoms with Crippen molar-refractivity contribution in [2.24, 2.45) is 11.7 Å². The monoisotopic (exact) mass is 254 g/mol. The molecule has 0 aliphatic rings. The highest BCUT2D eigenvalue weighted by Crippen LogP contribution is 2.16. The zero-order valence-corrected chi connectivity index (χ0v) is 11.2. The number of nitrogens with one attached hydrogen (secondary N) is 1. The molecule has 0 heterocycles. The van der Waals surface area contributed by atoms with Crippen LogP contribution in [0.2, 0.25) is 5.02 Å². The molecule has 0 saturated carbocycles. The van der Waals surface area contributed by atoms with Gasteiger partial charge in [-0.1, -0.05) is 25.4 Å². The fraction of sp³-hybridized carbons (Fsp3) is 0.462. The lowest BCUT2D eigenvalue weighted by atomic mass is 9.88. The minimum Gasteiger partial charge on any atom is -0.345 e. The largest absolute Gasteiger partial charge is 0.345 e. The van der Waals surface area contributed by atoms with Crippen molar-refractivity contribution in [3.63, 3.8) is 0 Å². The summed E-state index contributed by atoms with van der Waals surface area (Å²) in [5, 5.41) is 3.59. The summed E-state index contributed by atoms with van der Waals surface area (Å²) in [6.07, 6.45) is 0. The van der Waals surface area contributed by atoms with Gasteiger partial charge in [-0.3, -0.25) is 4.79 Å². The predicted octanol–water partition coefficient (Wildman–Crippen LogP) is 2.44. The third-order valence-electron chi connectivity index (χ3n) is 3.20. The van der Waals surface area contributed by atoms with Gasteiger partial charge in [0.05, 0.1) is 5.54 Å². The first-order valence-electron chi connectivity index (χ1n) is 5.67. The van der Waals surface area contributed by atoms with Gasteiger partial charge in [0, 0.05) is 17.1 Å². The first-order chi connectivity index (χ1) is 7.89. The van der Waals surface area contributed by atoms with Crippen LogP contribution in [-0.4, -0.2) is 18.0 Å². The van der Waals surface area contributed by atoms with Crippen LogP contribution in [0.15, 0.2) is 24.3 Å². The van der Waals surface area contributed by atoms with Crippen LogP contribution in [-0.2, 0) is 0 Å². The van der Waals surface area contributed by atoms with Crippen molar-refractivity contribution in [3.8, 4) is 0 Å². The van der Waals surface area contributed by atoms with Gasteiger partial charge in [-0.15, -0.1) is 0 Å². The molecule has 0 saturated heterocycles. The molecular weight excluding hydrogens is 236 g/mol. The van der Waals surface area contributed by atoms with E-state index in [1.165, 1.54) is 0 Å². The van der Waals surface area contributed by atoms with Gasteiger partial charge in [0.2, 0.25) is 0 Å². The Bertz CT molecular complexity index is 389. The number of carbonyl (C=O) groups excluding carboxylic acids is 1. The minimum absolute atomic E-state index is 0.122. The number of nitrogens with two attached hydrogens (primary N) is 1. The van der Waals surface area contributed by atoms with Gasteiger partial charge in [-0.2, -0.15) is 0 Å². The molecule has 0 bridgehead atoms. The van der Waals surface area contributed by atoms with Gasteiger partial charge >= 0.3 is 0 Å². The quantitative estimate of drug-likeness (QED) is 0.867. The smallest absolute Gasteiger partial charge is 0.251 e. The Hall–Kier alpha value is -1.06. The van der Waals surface area contributed by atoms with E-state index in [1.807, 2.05) is 20.8 Å². The Kier molecular flexibility index (Phi) is 4.54. The molecule has 0 aromatic heterocycles. The number of benzene rings is 1. The van der Waals surface area contributed by atoms with E-state index in [1.54, 1.807) is 24.3 Å². The van der Waals surface area contributed by atoms with E-state index in [0.29, 0.717) is 17.1 Å². The molecular formula is C13H19ClN2O. The standard InChI is InChI=1S/C13H19ClN2O/c1-9(2)13(3,8-15)16-12(17)10-4-6-11(14)7-5-10/h4-7,9H,8,15H2,1-3H3,(H,16,17). The molecule has 1 atom stereocenters. The first-order valence-corrected chi connectivity index (χ1v) is 6.05. The summed E-state index contributed by atoms with van der Waals surface area (Å²) >= 11 is 5.78. The highest BCUT2D eigenvalue weighted by molar-refractivity contribution is 6.30. The van der Waals surface area contributed by atoms with Crippen molar-refractivity contribution in [2.75, 3.05) is 6.54 Å². The van der Waals surface area contributed by atoms with Crippen molar-refractivity contribution >= 4 is 17.5 Å². The molecule has 0 spiro atoms. The second-order valence-corrected chi connectivity index (χ2v) is 5.17. The van der Waals surface area contributed by atoms with Crippen molar-refractivity contribution in [2.45, 2.75) is 26.3 Å². The number of hydrogen-bond acceptors (Lipinski definition) is 2. The molecule has 1 unspecified atom stereocenters. The normalized spacial score (nSPS) is 14.5. The summed E-state index contributed by atoms with van der Waals surface area (Å²) in [5.74, 6) is 0.145. The van der Waals surface area contributed by atoms with Gasteiger partial charge in [0.25, 0.3) is 5.91 Å². The van der Waals surface area contributed by atoms with Crippen molar-refractivity contribution < 1.29 is 4.79 Å². The summed E-state index contributed by atoms with van der Waals surface area (Å²) < 4.78 is 0. The lowest BCUT2D eigenvalue weighted by molar-refractivity contribution is 0.0883. The first kappa shape index (κ1) is 14.0. The number of amides is 1. The topological polar surface area (TPSA) is 55.1 Å². The van der Waals surface area contributed by atoms with E-state index in [9.17, 15) is 4.79 Å². The van der Waals surface area contributed by atoms with Crippen molar-refractivity contribution in [3.05, 3.63) is 34.9 Å². The Morgan fingerprint density at radius 2 is 1.94 bits per heavy atom. The molecule has 0 aliphatic heterocycles. The maximum Gasteiger partial charge on any atom is 0.251 e. The Morgan fingerprint density at radius 1 is 1.41 bits per heavy atom. The number of rotatable bonds is 4. The minimum atomic E-state index is -0.392. The molecule has 1 aromatic carbocycles. The second-order valence-electron chi connectivity index (χ2n) is 4.74. The van der Waals surface area contributed by atoms with Crippen molar-refractivity contribution in [1.82, 2.24) is 5.32 Å². The average molecular weight is 255 g/mol. The lowest BCUT2D eigenvalue weighted by Gasteiger charge is -2.33. The summed E-state index contributed by atoms with van der Waals surface area (Å²) in [5.41, 5.74) is 5.92. The van der Waals surface area contributed by atoms with Crippen LogP contribution in [0.4, 0.5) is 0 Å². The van der Waals surface area contributed by atoms with E-state index >= 15 is 0 Å². The molecule has 1 amide bonds. The average Bonchev–Trinajstić information content (AvgIpc) is 2.29. The number of hydrogen-bond donors (Lipinski definition) is 2. The molecule has 3 N–H and O–H groups in total. The van der Waals surface area contributed by atoms with Crippen LogP contribution in [0.5, 0.6) is 0 Å². The second kappa shape index (κ2) is 5.52. The zero-order chi connectivity index (χ0) is 13.1. The lowest BCUT2D eigenvalue weighted by Crippen LogP contribution is -2.55. The van der Waals surface area contributed by atoms with Gasteiger partial charge in [-0.25, -0.2) is 0 Å². The maximum atomic E-state index is 12.0. The Morgan fingerprint density at radius 3 is 2.35 bits per heavy atom. The van der Waals surface area contributed by atoms with Gasteiger partial charge in [-0.05, 0) is 37.1 Å². The predicted molar refractivity (Wildman–Crippen MR) is 71.2 cm³/mol. The molecule has 0 fully saturated rings. The van der Waals surface area contributed by atoms with E-state index in [4.69, 9.17) is 17.3 Å². The fourth-order valence-corrected chi connectivity index (χ4v) is 1.49. The highest BCUT2D eigenvalue weighted by atomic mass is 35.5. The van der Waals surface area contributed by atoms with Gasteiger partial charge in [0.1, 0.15) is 0 Å². The molecule has 1 aromatic rings. The van der Waals surface area contributed by atoms with E-state index in [-0.39, 0.29) is 11.8 Å². The Balaban J connectivity index is 2.81. The summed E-state index contributed by atoms with van der Waals surface area (Å²) in [4.78, 5) is 12.0. The van der Waals surface area contributed by atoms with Crippen molar-refractivity contribution in [1.29, 1.82) is 0 Å². The van der Waals surface area contributed by atoms with Crippen LogP contribution in [0.3, 0.4) is 0 Å². The molecule has 0 aliphatic carbocycles. The molecule has 3 nitrogen and oxygen atoms in total. The Labute approximate surface area is 107 Å². The third kappa shape index (κ3) is 3.45. The van der Waals surface area contributed by atoms with Gasteiger partial charge < -0.3 is 11.1 Å². The van der Waals surface area contributed by atoms with Crippen LogP contribution >= 0.6 is 11.6 Å². The maximum absolute atomic E-state index is 12.0. The fourth-order valence-electron chi connectivity index (χ4n) is 1.36. The zero-order valence-electron chi connectivity index (χ0n) is 10.5. The highest BCUT2D eigenvalue weighted by Gasteiger charge is 2.28. The third-order valence-corrected chi connectivity index (χ3v) is 3.46. The number of halogens is 1. The summed E-state index contributed by atoms with van der Waals surface area (Å²) in [6.45, 7) is 6.43. The number of carbonyl (C=O) groups is 1. The van der Waals surface area contributed by atoms with Crippen LogP contribution in [0.1, 0.15) is 31.1 Å². The molecule has 0 radical (unpaired) electrons. The van der Waals surface area contributed by atoms with Gasteiger partial charge in [0.15, 0.2) is 0 Å². The van der Waals surface area contributed by atoms with Crippen LogP contribution in [0.25, 0.3) is 0 Å². The van der Waals surface area contributed by atoms with E-state index < -0.39 is 5.54 Å². The molecule has 4 heteroatoms. The van der Waals surface area contributed by atoms with Crippen LogP contribution < -0.4 is 11.1 Å². The van der Waals surface area contributed by atoms with E-state index in [2.05, 4.69) is 5.32 Å². The molecule has 94 valence electrons. The summed E-state index contributed by atoms with van der Waals surface area (Å²) in [7, 11) is 0. The molecule has 1 rings (SSSR count). The summed E-state index contributed by atoms with van der Waals surface area (Å²) in [6, 6.07) is 6.81. The van der Waals surface area contributed by atoms with Crippen LogP contribution in [0, 0.1) is 5.92 Å². The SMILES string of the molecule is CC(C)C(C)(CN)NC(=O)c1ccc(Cl)cc1.